The molecule has 0 atom stereocenters. The Labute approximate surface area is 222 Å². The number of sulfonamides is 1. The van der Waals surface area contributed by atoms with E-state index in [4.69, 9.17) is 9.47 Å². The lowest BCUT2D eigenvalue weighted by atomic mass is 10.0. The second-order valence-corrected chi connectivity index (χ2v) is 10.7. The van der Waals surface area contributed by atoms with Gasteiger partial charge >= 0.3 is 6.18 Å². The predicted molar refractivity (Wildman–Crippen MR) is 135 cm³/mol. The van der Waals surface area contributed by atoms with E-state index in [1.807, 2.05) is 0 Å². The summed E-state index contributed by atoms with van der Waals surface area (Å²) in [5.74, 6) is -1.29. The van der Waals surface area contributed by atoms with Crippen LogP contribution in [0.5, 0.6) is 5.75 Å². The van der Waals surface area contributed by atoms with Crippen LogP contribution in [-0.2, 0) is 20.9 Å². The molecule has 208 valence electrons. The van der Waals surface area contributed by atoms with Crippen molar-refractivity contribution in [2.75, 3.05) is 45.4 Å². The molecule has 4 rings (SSSR count). The summed E-state index contributed by atoms with van der Waals surface area (Å²) in [7, 11) is -1.67. The zero-order valence-electron chi connectivity index (χ0n) is 21.3. The number of anilines is 1. The van der Waals surface area contributed by atoms with Gasteiger partial charge in [-0.2, -0.15) is 17.5 Å². The third kappa shape index (κ3) is 5.89. The van der Waals surface area contributed by atoms with Crippen molar-refractivity contribution in [3.63, 3.8) is 0 Å². The minimum Gasteiger partial charge on any atom is -0.496 e. The number of alkyl halides is 3. The molecule has 0 unspecified atom stereocenters. The summed E-state index contributed by atoms with van der Waals surface area (Å²) in [4.78, 5) is 18.2. The predicted octanol–water partition coefficient (Wildman–Crippen LogP) is 4.52. The lowest BCUT2D eigenvalue weighted by Gasteiger charge is -2.27. The van der Waals surface area contributed by atoms with E-state index in [1.54, 1.807) is 13.0 Å². The van der Waals surface area contributed by atoms with Crippen molar-refractivity contribution < 1.29 is 40.2 Å². The Morgan fingerprint density at radius 2 is 1.77 bits per heavy atom. The SMILES string of the molecule is COc1cc(F)ccc1-c1cc(C)ncc1N(C)C(=O)c1cc(C(F)(F)F)cc(S(=O)(=O)N2CCOCC2)c1. The summed E-state index contributed by atoms with van der Waals surface area (Å²) in [6.07, 6.45) is -3.56. The van der Waals surface area contributed by atoms with E-state index >= 15 is 0 Å². The first-order valence-electron chi connectivity index (χ1n) is 11.7. The molecule has 0 aliphatic carbocycles. The van der Waals surface area contributed by atoms with Gasteiger partial charge in [-0.25, -0.2) is 12.8 Å². The molecule has 1 saturated heterocycles. The summed E-state index contributed by atoms with van der Waals surface area (Å²) in [6, 6.07) is 7.48. The van der Waals surface area contributed by atoms with E-state index in [0.717, 1.165) is 21.3 Å². The summed E-state index contributed by atoms with van der Waals surface area (Å²) in [5.41, 5.74) is -0.209. The van der Waals surface area contributed by atoms with Gasteiger partial charge in [-0.15, -0.1) is 0 Å². The molecule has 39 heavy (non-hydrogen) atoms. The molecule has 2 heterocycles. The molecule has 0 saturated carbocycles. The first-order chi connectivity index (χ1) is 18.3. The van der Waals surface area contributed by atoms with Crippen molar-refractivity contribution in [1.29, 1.82) is 0 Å². The highest BCUT2D eigenvalue weighted by molar-refractivity contribution is 7.89. The number of rotatable bonds is 6. The number of methoxy groups -OCH3 is 1. The maximum Gasteiger partial charge on any atom is 0.416 e. The van der Waals surface area contributed by atoms with Crippen LogP contribution in [0.2, 0.25) is 0 Å². The number of carbonyl (C=O) groups is 1. The molecule has 3 aromatic rings. The van der Waals surface area contributed by atoms with E-state index in [1.165, 1.54) is 32.5 Å². The van der Waals surface area contributed by atoms with Crippen molar-refractivity contribution in [1.82, 2.24) is 9.29 Å². The summed E-state index contributed by atoms with van der Waals surface area (Å²) in [5, 5.41) is 0. The molecule has 0 spiro atoms. The highest BCUT2D eigenvalue weighted by Gasteiger charge is 2.35. The molecule has 1 fully saturated rings. The Morgan fingerprint density at radius 1 is 1.08 bits per heavy atom. The van der Waals surface area contributed by atoms with Gasteiger partial charge in [0.2, 0.25) is 10.0 Å². The minimum absolute atomic E-state index is 0.0281. The number of hydrogen-bond acceptors (Lipinski definition) is 6. The van der Waals surface area contributed by atoms with Gasteiger partial charge in [-0.05, 0) is 43.3 Å². The standard InChI is InChI=1S/C26H25F4N3O5S/c1-16-10-22(21-5-4-19(27)14-24(21)37-3)23(15-31-16)32(2)25(34)17-11-18(26(28,29)30)13-20(12-17)39(35,36)33-6-8-38-9-7-33/h4-5,10-15H,6-9H2,1-3H3. The summed E-state index contributed by atoms with van der Waals surface area (Å²) in [6.45, 7) is 1.84. The van der Waals surface area contributed by atoms with Crippen molar-refractivity contribution >= 4 is 21.6 Å². The normalized spacial score (nSPS) is 14.7. The molecular weight excluding hydrogens is 542 g/mol. The number of ether oxygens (including phenoxy) is 2. The second-order valence-electron chi connectivity index (χ2n) is 8.81. The van der Waals surface area contributed by atoms with Crippen LogP contribution in [0.25, 0.3) is 11.1 Å². The van der Waals surface area contributed by atoms with Gasteiger partial charge in [-0.3, -0.25) is 9.78 Å². The Hall–Kier alpha value is -3.55. The van der Waals surface area contributed by atoms with Crippen LogP contribution in [0.3, 0.4) is 0 Å². The Balaban J connectivity index is 1.82. The summed E-state index contributed by atoms with van der Waals surface area (Å²) < 4.78 is 93.1. The third-order valence-corrected chi connectivity index (χ3v) is 8.10. The van der Waals surface area contributed by atoms with Crippen LogP contribution in [0.15, 0.2) is 53.6 Å². The molecule has 0 radical (unpaired) electrons. The van der Waals surface area contributed by atoms with Crippen molar-refractivity contribution in [2.45, 2.75) is 18.0 Å². The van der Waals surface area contributed by atoms with Crippen LogP contribution in [-0.4, -0.2) is 64.1 Å². The number of aromatic nitrogens is 1. The van der Waals surface area contributed by atoms with Crippen molar-refractivity contribution in [2.24, 2.45) is 0 Å². The molecular formula is C26H25F4N3O5S. The number of hydrogen-bond donors (Lipinski definition) is 0. The molecule has 1 aromatic heterocycles. The Bertz CT molecular complexity index is 1510. The van der Waals surface area contributed by atoms with Gasteiger partial charge < -0.3 is 14.4 Å². The molecule has 0 bridgehead atoms. The zero-order valence-corrected chi connectivity index (χ0v) is 22.1. The van der Waals surface area contributed by atoms with Gasteiger partial charge in [0.05, 0.1) is 42.7 Å². The van der Waals surface area contributed by atoms with Crippen LogP contribution in [0.4, 0.5) is 23.2 Å². The number of pyridine rings is 1. The van der Waals surface area contributed by atoms with Gasteiger partial charge in [0.25, 0.3) is 5.91 Å². The second kappa shape index (κ2) is 10.9. The fourth-order valence-corrected chi connectivity index (χ4v) is 5.68. The maximum atomic E-state index is 13.8. The molecule has 13 heteroatoms. The Morgan fingerprint density at radius 3 is 2.41 bits per heavy atom. The van der Waals surface area contributed by atoms with E-state index in [-0.39, 0.29) is 37.7 Å². The number of aryl methyl sites for hydroxylation is 1. The van der Waals surface area contributed by atoms with Gasteiger partial charge in [0.1, 0.15) is 11.6 Å². The number of carbonyl (C=O) groups excluding carboxylic acids is 1. The Kier molecular flexibility index (Phi) is 7.96. The van der Waals surface area contributed by atoms with Crippen molar-refractivity contribution in [3.05, 3.63) is 71.3 Å². The van der Waals surface area contributed by atoms with Gasteiger partial charge in [-0.1, -0.05) is 0 Å². The molecule has 0 N–H and O–H groups in total. The number of nitrogens with zero attached hydrogens (tertiary/aromatic N) is 3. The lowest BCUT2D eigenvalue weighted by molar-refractivity contribution is -0.137. The fourth-order valence-electron chi connectivity index (χ4n) is 4.20. The average molecular weight is 568 g/mol. The van der Waals surface area contributed by atoms with E-state index in [9.17, 15) is 30.8 Å². The smallest absolute Gasteiger partial charge is 0.416 e. The largest absolute Gasteiger partial charge is 0.496 e. The van der Waals surface area contributed by atoms with Crippen LogP contribution in [0.1, 0.15) is 21.6 Å². The van der Waals surface area contributed by atoms with Gasteiger partial charge in [0, 0.05) is 48.6 Å². The molecule has 1 aliphatic rings. The van der Waals surface area contributed by atoms with E-state index in [0.29, 0.717) is 29.0 Å². The molecule has 1 amide bonds. The average Bonchev–Trinajstić information content (AvgIpc) is 2.91. The lowest BCUT2D eigenvalue weighted by Crippen LogP contribution is -2.40. The molecule has 1 aliphatic heterocycles. The minimum atomic E-state index is -4.91. The quantitative estimate of drug-likeness (QED) is 0.407. The number of benzene rings is 2. The first-order valence-corrected chi connectivity index (χ1v) is 13.2. The van der Waals surface area contributed by atoms with Crippen LogP contribution >= 0.6 is 0 Å². The maximum absolute atomic E-state index is 13.8. The van der Waals surface area contributed by atoms with E-state index < -0.39 is 43.9 Å². The van der Waals surface area contributed by atoms with Crippen molar-refractivity contribution in [3.8, 4) is 16.9 Å². The highest BCUT2D eigenvalue weighted by atomic mass is 32.2. The van der Waals surface area contributed by atoms with E-state index in [2.05, 4.69) is 4.98 Å². The first kappa shape index (κ1) is 28.5. The molecule has 2 aromatic carbocycles. The molecule has 8 nitrogen and oxygen atoms in total. The highest BCUT2D eigenvalue weighted by Crippen LogP contribution is 2.38. The number of morpholine rings is 1. The van der Waals surface area contributed by atoms with Gasteiger partial charge in [0.15, 0.2) is 0 Å². The van der Waals surface area contributed by atoms with Crippen LogP contribution in [0, 0.1) is 12.7 Å². The topological polar surface area (TPSA) is 89.0 Å². The third-order valence-electron chi connectivity index (χ3n) is 6.23. The number of halogens is 4. The monoisotopic (exact) mass is 567 g/mol. The summed E-state index contributed by atoms with van der Waals surface area (Å²) >= 11 is 0. The zero-order chi connectivity index (χ0) is 28.5. The van der Waals surface area contributed by atoms with Crippen LogP contribution < -0.4 is 9.64 Å². The number of amides is 1. The fraction of sp³-hybridized carbons (Fsp3) is 0.308.